The molecule has 1 aromatic heterocycles. The minimum absolute atomic E-state index is 0.509. The second-order valence-corrected chi connectivity index (χ2v) is 5.77. The molecule has 0 amide bonds. The highest BCUT2D eigenvalue weighted by Crippen LogP contribution is 2.28. The summed E-state index contributed by atoms with van der Waals surface area (Å²) in [6, 6.07) is 16.4. The Kier molecular flexibility index (Phi) is 4.61. The number of nitrogens with one attached hydrogen (secondary N) is 2. The van der Waals surface area contributed by atoms with Crippen LogP contribution in [0.3, 0.4) is 0 Å². The zero-order valence-electron chi connectivity index (χ0n) is 13.9. The summed E-state index contributed by atoms with van der Waals surface area (Å²) in [5.74, 6) is 1.23. The molecular formula is C19H21N5. The Morgan fingerprint density at radius 2 is 1.71 bits per heavy atom. The van der Waals surface area contributed by atoms with Crippen LogP contribution in [0.4, 0.5) is 23.0 Å². The SMILES string of the molecule is Cc1ccc(C)c(Nc2ncnc(NCc3ccccc3)c2N)c1. The van der Waals surface area contributed by atoms with Crippen molar-refractivity contribution >= 4 is 23.0 Å². The van der Waals surface area contributed by atoms with Crippen LogP contribution in [-0.2, 0) is 6.54 Å². The van der Waals surface area contributed by atoms with Crippen molar-refractivity contribution in [2.24, 2.45) is 0 Å². The molecule has 2 aromatic carbocycles. The van der Waals surface area contributed by atoms with Gasteiger partial charge < -0.3 is 16.4 Å². The number of nitrogens with zero attached hydrogens (tertiary/aromatic N) is 2. The minimum atomic E-state index is 0.509. The predicted molar refractivity (Wildman–Crippen MR) is 99.4 cm³/mol. The minimum Gasteiger partial charge on any atom is -0.393 e. The van der Waals surface area contributed by atoms with E-state index in [1.807, 2.05) is 25.1 Å². The molecule has 1 heterocycles. The quantitative estimate of drug-likeness (QED) is 0.662. The maximum Gasteiger partial charge on any atom is 0.159 e. The number of aromatic nitrogens is 2. The molecule has 0 aliphatic carbocycles. The maximum atomic E-state index is 6.23. The number of aryl methyl sites for hydroxylation is 2. The fourth-order valence-electron chi connectivity index (χ4n) is 2.42. The van der Waals surface area contributed by atoms with E-state index in [2.05, 4.69) is 57.9 Å². The highest BCUT2D eigenvalue weighted by molar-refractivity contribution is 5.78. The van der Waals surface area contributed by atoms with Gasteiger partial charge >= 0.3 is 0 Å². The van der Waals surface area contributed by atoms with Gasteiger partial charge in [0.05, 0.1) is 0 Å². The molecule has 3 aromatic rings. The fraction of sp³-hybridized carbons (Fsp3) is 0.158. The lowest BCUT2D eigenvalue weighted by Gasteiger charge is -2.14. The number of hydrogen-bond donors (Lipinski definition) is 3. The van der Waals surface area contributed by atoms with Crippen LogP contribution in [0.25, 0.3) is 0 Å². The molecule has 0 fully saturated rings. The van der Waals surface area contributed by atoms with Crippen LogP contribution >= 0.6 is 0 Å². The lowest BCUT2D eigenvalue weighted by molar-refractivity contribution is 1.09. The Morgan fingerprint density at radius 1 is 0.958 bits per heavy atom. The molecule has 0 saturated carbocycles. The molecule has 4 N–H and O–H groups in total. The number of benzene rings is 2. The number of rotatable bonds is 5. The number of nitrogens with two attached hydrogens (primary N) is 1. The Bertz CT molecular complexity index is 830. The first-order valence-corrected chi connectivity index (χ1v) is 7.86. The van der Waals surface area contributed by atoms with Gasteiger partial charge in [-0.15, -0.1) is 0 Å². The molecule has 0 spiro atoms. The number of anilines is 4. The average Bonchev–Trinajstić information content (AvgIpc) is 2.60. The van der Waals surface area contributed by atoms with Crippen molar-refractivity contribution in [3.05, 3.63) is 71.5 Å². The summed E-state index contributed by atoms with van der Waals surface area (Å²) in [7, 11) is 0. The van der Waals surface area contributed by atoms with Gasteiger partial charge in [0.2, 0.25) is 0 Å². The van der Waals surface area contributed by atoms with Gasteiger partial charge in [0, 0.05) is 12.2 Å². The molecule has 3 rings (SSSR count). The molecule has 0 aliphatic heterocycles. The third-order valence-corrected chi connectivity index (χ3v) is 3.83. The van der Waals surface area contributed by atoms with E-state index in [0.717, 1.165) is 11.3 Å². The fourth-order valence-corrected chi connectivity index (χ4v) is 2.42. The highest BCUT2D eigenvalue weighted by Gasteiger charge is 2.09. The van der Waals surface area contributed by atoms with Crippen molar-refractivity contribution < 1.29 is 0 Å². The van der Waals surface area contributed by atoms with Crippen LogP contribution in [-0.4, -0.2) is 9.97 Å². The first-order valence-electron chi connectivity index (χ1n) is 7.86. The number of hydrogen-bond acceptors (Lipinski definition) is 5. The van der Waals surface area contributed by atoms with E-state index in [-0.39, 0.29) is 0 Å². The normalized spacial score (nSPS) is 10.4. The molecule has 122 valence electrons. The molecule has 0 radical (unpaired) electrons. The van der Waals surface area contributed by atoms with Gasteiger partial charge in [0.25, 0.3) is 0 Å². The van der Waals surface area contributed by atoms with E-state index in [1.165, 1.54) is 17.5 Å². The van der Waals surface area contributed by atoms with Crippen molar-refractivity contribution in [3.8, 4) is 0 Å². The van der Waals surface area contributed by atoms with Gasteiger partial charge in [-0.1, -0.05) is 42.5 Å². The summed E-state index contributed by atoms with van der Waals surface area (Å²) < 4.78 is 0. The van der Waals surface area contributed by atoms with Crippen molar-refractivity contribution in [3.63, 3.8) is 0 Å². The summed E-state index contributed by atoms with van der Waals surface area (Å²) in [5, 5.41) is 6.57. The maximum absolute atomic E-state index is 6.23. The highest BCUT2D eigenvalue weighted by atomic mass is 15.1. The molecule has 0 aliphatic rings. The zero-order valence-corrected chi connectivity index (χ0v) is 13.9. The van der Waals surface area contributed by atoms with E-state index >= 15 is 0 Å². The molecule has 0 saturated heterocycles. The van der Waals surface area contributed by atoms with E-state index in [4.69, 9.17) is 5.73 Å². The first kappa shape index (κ1) is 15.8. The van der Waals surface area contributed by atoms with Gasteiger partial charge in [0.1, 0.15) is 12.0 Å². The lowest BCUT2D eigenvalue weighted by atomic mass is 10.1. The topological polar surface area (TPSA) is 75.9 Å². The third kappa shape index (κ3) is 3.63. The Hall–Kier alpha value is -3.08. The van der Waals surface area contributed by atoms with Crippen molar-refractivity contribution in [1.82, 2.24) is 9.97 Å². The van der Waals surface area contributed by atoms with Crippen LogP contribution in [0.2, 0.25) is 0 Å². The van der Waals surface area contributed by atoms with Crippen LogP contribution < -0.4 is 16.4 Å². The van der Waals surface area contributed by atoms with E-state index < -0.39 is 0 Å². The Balaban J connectivity index is 1.79. The Labute approximate surface area is 142 Å². The summed E-state index contributed by atoms with van der Waals surface area (Å²) in [5.41, 5.74) is 11.2. The second-order valence-electron chi connectivity index (χ2n) is 5.77. The van der Waals surface area contributed by atoms with Crippen molar-refractivity contribution in [1.29, 1.82) is 0 Å². The van der Waals surface area contributed by atoms with Gasteiger partial charge in [-0.2, -0.15) is 0 Å². The lowest BCUT2D eigenvalue weighted by Crippen LogP contribution is -2.08. The summed E-state index contributed by atoms with van der Waals surface area (Å²) in [6.45, 7) is 4.76. The number of nitrogen functional groups attached to an aromatic ring is 1. The molecule has 5 heteroatoms. The van der Waals surface area contributed by atoms with Gasteiger partial charge in [0.15, 0.2) is 11.6 Å². The second kappa shape index (κ2) is 7.00. The monoisotopic (exact) mass is 319 g/mol. The molecule has 0 atom stereocenters. The predicted octanol–water partition coefficient (Wildman–Crippen LogP) is 4.03. The molecular weight excluding hydrogens is 298 g/mol. The van der Waals surface area contributed by atoms with Crippen LogP contribution in [0.1, 0.15) is 16.7 Å². The summed E-state index contributed by atoms with van der Waals surface area (Å²) >= 11 is 0. The smallest absolute Gasteiger partial charge is 0.159 e. The first-order chi connectivity index (χ1) is 11.6. The van der Waals surface area contributed by atoms with Crippen molar-refractivity contribution in [2.45, 2.75) is 20.4 Å². The van der Waals surface area contributed by atoms with E-state index in [1.54, 1.807) is 0 Å². The third-order valence-electron chi connectivity index (χ3n) is 3.83. The van der Waals surface area contributed by atoms with Crippen LogP contribution in [0.15, 0.2) is 54.9 Å². The van der Waals surface area contributed by atoms with Gasteiger partial charge in [-0.3, -0.25) is 0 Å². The van der Waals surface area contributed by atoms with Crippen molar-refractivity contribution in [2.75, 3.05) is 16.4 Å². The molecule has 0 bridgehead atoms. The summed E-state index contributed by atoms with van der Waals surface area (Å²) in [4.78, 5) is 8.52. The standard InChI is InChI=1S/C19H21N5/c1-13-8-9-14(2)16(10-13)24-19-17(20)18(22-12-23-19)21-11-15-6-4-3-5-7-15/h3-10,12H,11,20H2,1-2H3,(H2,21,22,23,24). The largest absolute Gasteiger partial charge is 0.393 e. The summed E-state index contributed by atoms with van der Waals surface area (Å²) in [6.07, 6.45) is 1.51. The van der Waals surface area contributed by atoms with Gasteiger partial charge in [-0.25, -0.2) is 9.97 Å². The molecule has 0 unspecified atom stereocenters. The molecule has 24 heavy (non-hydrogen) atoms. The zero-order chi connectivity index (χ0) is 16.9. The van der Waals surface area contributed by atoms with E-state index in [9.17, 15) is 0 Å². The average molecular weight is 319 g/mol. The van der Waals surface area contributed by atoms with Crippen LogP contribution in [0.5, 0.6) is 0 Å². The van der Waals surface area contributed by atoms with Gasteiger partial charge in [-0.05, 0) is 36.6 Å². The van der Waals surface area contributed by atoms with E-state index in [0.29, 0.717) is 23.9 Å². The van der Waals surface area contributed by atoms with Crippen LogP contribution in [0, 0.1) is 13.8 Å². The molecule has 5 nitrogen and oxygen atoms in total. The Morgan fingerprint density at radius 3 is 2.50 bits per heavy atom.